The lowest BCUT2D eigenvalue weighted by atomic mass is 9.95. The SMILES string of the molecule is COc1ccc([C@@H]2C(=C(O)c3ccccc3)C(=O)C(=O)N2c2ccc(OC)cc2)cc1. The number of benzene rings is 3. The number of hydrogen-bond acceptors (Lipinski definition) is 5. The minimum Gasteiger partial charge on any atom is -0.507 e. The van der Waals surface area contributed by atoms with Crippen molar-refractivity contribution in [3.63, 3.8) is 0 Å². The summed E-state index contributed by atoms with van der Waals surface area (Å²) in [5.41, 5.74) is 1.70. The van der Waals surface area contributed by atoms with Gasteiger partial charge in [0.1, 0.15) is 17.3 Å². The second-order valence-corrected chi connectivity index (χ2v) is 7.01. The Morgan fingerprint density at radius 2 is 1.35 bits per heavy atom. The molecule has 156 valence electrons. The minimum atomic E-state index is -0.792. The van der Waals surface area contributed by atoms with Crippen LogP contribution >= 0.6 is 0 Å². The van der Waals surface area contributed by atoms with Gasteiger partial charge in [0.15, 0.2) is 0 Å². The van der Waals surface area contributed by atoms with Crippen molar-refractivity contribution in [3.05, 3.63) is 95.6 Å². The fraction of sp³-hybridized carbons (Fsp3) is 0.120. The zero-order valence-corrected chi connectivity index (χ0v) is 17.1. The van der Waals surface area contributed by atoms with E-state index in [0.717, 1.165) is 0 Å². The first-order valence-electron chi connectivity index (χ1n) is 9.69. The number of carbonyl (C=O) groups excluding carboxylic acids is 2. The molecule has 1 amide bonds. The molecule has 6 heteroatoms. The van der Waals surface area contributed by atoms with Gasteiger partial charge >= 0.3 is 0 Å². The standard InChI is InChI=1S/C25H21NO5/c1-30-19-12-8-16(9-13-19)22-21(23(27)17-6-4-3-5-7-17)24(28)25(29)26(22)18-10-14-20(31-2)15-11-18/h3-15,22,27H,1-2H3/t22-/m1/s1. The van der Waals surface area contributed by atoms with Crippen LogP contribution in [0.15, 0.2) is 84.4 Å². The van der Waals surface area contributed by atoms with Gasteiger partial charge in [-0.25, -0.2) is 0 Å². The van der Waals surface area contributed by atoms with Crippen LogP contribution in [0.2, 0.25) is 0 Å². The van der Waals surface area contributed by atoms with Crippen molar-refractivity contribution in [1.82, 2.24) is 0 Å². The zero-order chi connectivity index (χ0) is 22.0. The van der Waals surface area contributed by atoms with Crippen molar-refractivity contribution in [2.75, 3.05) is 19.1 Å². The van der Waals surface area contributed by atoms with Crippen LogP contribution in [0.3, 0.4) is 0 Å². The number of anilines is 1. The molecule has 4 rings (SSSR count). The van der Waals surface area contributed by atoms with Gasteiger partial charge in [0.25, 0.3) is 11.7 Å². The fourth-order valence-electron chi connectivity index (χ4n) is 3.69. The maximum atomic E-state index is 13.1. The Hall–Kier alpha value is -4.06. The molecule has 0 aliphatic carbocycles. The fourth-order valence-corrected chi connectivity index (χ4v) is 3.69. The van der Waals surface area contributed by atoms with Crippen LogP contribution in [0, 0.1) is 0 Å². The van der Waals surface area contributed by atoms with Crippen LogP contribution < -0.4 is 14.4 Å². The summed E-state index contributed by atoms with van der Waals surface area (Å²) in [6, 6.07) is 21.9. The largest absolute Gasteiger partial charge is 0.507 e. The number of methoxy groups -OCH3 is 2. The molecule has 1 fully saturated rings. The number of carbonyl (C=O) groups is 2. The molecule has 6 nitrogen and oxygen atoms in total. The molecule has 0 bridgehead atoms. The molecule has 1 saturated heterocycles. The van der Waals surface area contributed by atoms with E-state index in [1.165, 1.54) is 4.90 Å². The Labute approximate surface area is 180 Å². The van der Waals surface area contributed by atoms with E-state index in [0.29, 0.717) is 28.3 Å². The van der Waals surface area contributed by atoms with Crippen molar-refractivity contribution in [2.24, 2.45) is 0 Å². The van der Waals surface area contributed by atoms with Crippen LogP contribution in [-0.2, 0) is 9.59 Å². The lowest BCUT2D eigenvalue weighted by molar-refractivity contribution is -0.132. The molecule has 3 aromatic rings. The van der Waals surface area contributed by atoms with Crippen molar-refractivity contribution in [1.29, 1.82) is 0 Å². The van der Waals surface area contributed by atoms with Gasteiger partial charge in [-0.15, -0.1) is 0 Å². The van der Waals surface area contributed by atoms with E-state index in [9.17, 15) is 14.7 Å². The van der Waals surface area contributed by atoms with E-state index in [2.05, 4.69) is 0 Å². The third-order valence-corrected chi connectivity index (χ3v) is 5.27. The van der Waals surface area contributed by atoms with Crippen molar-refractivity contribution in [3.8, 4) is 11.5 Å². The molecular weight excluding hydrogens is 394 g/mol. The van der Waals surface area contributed by atoms with E-state index in [1.807, 2.05) is 6.07 Å². The normalized spacial score (nSPS) is 17.6. The average molecular weight is 415 g/mol. The van der Waals surface area contributed by atoms with Gasteiger partial charge < -0.3 is 14.6 Å². The van der Waals surface area contributed by atoms with Gasteiger partial charge in [-0.3, -0.25) is 14.5 Å². The molecule has 31 heavy (non-hydrogen) atoms. The summed E-state index contributed by atoms with van der Waals surface area (Å²) in [6.07, 6.45) is 0. The predicted molar refractivity (Wildman–Crippen MR) is 117 cm³/mol. The second-order valence-electron chi connectivity index (χ2n) is 7.01. The summed E-state index contributed by atoms with van der Waals surface area (Å²) in [7, 11) is 3.12. The first kappa shape index (κ1) is 20.2. The predicted octanol–water partition coefficient (Wildman–Crippen LogP) is 4.33. The molecule has 0 saturated carbocycles. The summed E-state index contributed by atoms with van der Waals surface area (Å²) in [5.74, 6) is -0.379. The maximum Gasteiger partial charge on any atom is 0.300 e. The summed E-state index contributed by atoms with van der Waals surface area (Å²) < 4.78 is 10.4. The Bertz CT molecular complexity index is 1130. The molecule has 1 heterocycles. The number of Topliss-reactive ketones (excluding diaryl/α,β-unsaturated/α-hetero) is 1. The Morgan fingerprint density at radius 3 is 1.90 bits per heavy atom. The van der Waals surface area contributed by atoms with Gasteiger partial charge in [0, 0.05) is 11.3 Å². The van der Waals surface area contributed by atoms with Crippen LogP contribution in [0.1, 0.15) is 17.2 Å². The van der Waals surface area contributed by atoms with E-state index in [4.69, 9.17) is 9.47 Å². The topological polar surface area (TPSA) is 76.1 Å². The number of amides is 1. The third-order valence-electron chi connectivity index (χ3n) is 5.27. The van der Waals surface area contributed by atoms with E-state index < -0.39 is 17.7 Å². The molecular formula is C25H21NO5. The number of ether oxygens (including phenoxy) is 2. The summed E-state index contributed by atoms with van der Waals surface area (Å²) in [5, 5.41) is 11.0. The number of ketones is 1. The van der Waals surface area contributed by atoms with Crippen LogP contribution in [0.5, 0.6) is 11.5 Å². The van der Waals surface area contributed by atoms with Crippen LogP contribution in [0.25, 0.3) is 5.76 Å². The van der Waals surface area contributed by atoms with Gasteiger partial charge in [0.2, 0.25) is 0 Å². The van der Waals surface area contributed by atoms with Gasteiger partial charge in [-0.1, -0.05) is 42.5 Å². The third kappa shape index (κ3) is 3.64. The number of rotatable bonds is 5. The van der Waals surface area contributed by atoms with Gasteiger partial charge in [0.05, 0.1) is 25.8 Å². The lowest BCUT2D eigenvalue weighted by Crippen LogP contribution is -2.29. The van der Waals surface area contributed by atoms with Crippen molar-refractivity contribution >= 4 is 23.1 Å². The average Bonchev–Trinajstić information content (AvgIpc) is 3.09. The summed E-state index contributed by atoms with van der Waals surface area (Å²) in [6.45, 7) is 0. The molecule has 1 aliphatic heterocycles. The highest BCUT2D eigenvalue weighted by molar-refractivity contribution is 6.51. The van der Waals surface area contributed by atoms with Crippen molar-refractivity contribution < 1.29 is 24.2 Å². The molecule has 0 aromatic heterocycles. The Morgan fingerprint density at radius 1 is 0.806 bits per heavy atom. The number of aliphatic hydroxyl groups is 1. The molecule has 1 aliphatic rings. The summed E-state index contributed by atoms with van der Waals surface area (Å²) >= 11 is 0. The van der Waals surface area contributed by atoms with E-state index >= 15 is 0 Å². The smallest absolute Gasteiger partial charge is 0.300 e. The molecule has 3 aromatic carbocycles. The Kier molecular flexibility index (Phi) is 5.45. The number of nitrogens with zero attached hydrogens (tertiary/aromatic N) is 1. The molecule has 1 N–H and O–H groups in total. The van der Waals surface area contributed by atoms with Gasteiger partial charge in [-0.2, -0.15) is 0 Å². The monoisotopic (exact) mass is 415 g/mol. The maximum absolute atomic E-state index is 13.1. The van der Waals surface area contributed by atoms with E-state index in [1.54, 1.807) is 87.0 Å². The highest BCUT2D eigenvalue weighted by Gasteiger charge is 2.46. The molecule has 1 atom stereocenters. The highest BCUT2D eigenvalue weighted by atomic mass is 16.5. The summed E-state index contributed by atoms with van der Waals surface area (Å²) in [4.78, 5) is 27.6. The molecule has 0 unspecified atom stereocenters. The van der Waals surface area contributed by atoms with Gasteiger partial charge in [-0.05, 0) is 42.0 Å². The first-order valence-corrected chi connectivity index (χ1v) is 9.69. The number of hydrogen-bond donors (Lipinski definition) is 1. The minimum absolute atomic E-state index is 0.0391. The first-order chi connectivity index (χ1) is 15.0. The highest BCUT2D eigenvalue weighted by Crippen LogP contribution is 2.42. The molecule has 0 radical (unpaired) electrons. The second kappa shape index (κ2) is 8.36. The zero-order valence-electron chi connectivity index (χ0n) is 17.1. The van der Waals surface area contributed by atoms with Crippen LogP contribution in [-0.4, -0.2) is 31.0 Å². The lowest BCUT2D eigenvalue weighted by Gasteiger charge is -2.25. The quantitative estimate of drug-likeness (QED) is 0.381. The number of aliphatic hydroxyl groups excluding tert-OH is 1. The van der Waals surface area contributed by atoms with Crippen molar-refractivity contribution in [2.45, 2.75) is 6.04 Å². The molecule has 0 spiro atoms. The Balaban J connectivity index is 1.90. The van der Waals surface area contributed by atoms with Crippen LogP contribution in [0.4, 0.5) is 5.69 Å². The van der Waals surface area contributed by atoms with E-state index in [-0.39, 0.29) is 11.3 Å².